The minimum Gasteiger partial charge on any atom is -0.385 e. The molecule has 1 atom stereocenters. The van der Waals surface area contributed by atoms with E-state index in [1.165, 1.54) is 5.56 Å². The van der Waals surface area contributed by atoms with Gasteiger partial charge in [0.15, 0.2) is 0 Å². The van der Waals surface area contributed by atoms with Crippen molar-refractivity contribution in [3.63, 3.8) is 0 Å². The quantitative estimate of drug-likeness (QED) is 0.830. The van der Waals surface area contributed by atoms with Gasteiger partial charge in [0, 0.05) is 38.3 Å². The standard InChI is InChI=1S/C15H21N3O/c1-13(11-19-2)9-17-15-5-3-4-14(8-15)10-18-7-6-16-12-18/h3-8,12-13,17H,9-11H2,1-2H3. The van der Waals surface area contributed by atoms with Crippen molar-refractivity contribution in [3.05, 3.63) is 48.5 Å². The molecule has 0 saturated carbocycles. The molecule has 0 aliphatic carbocycles. The molecule has 0 fully saturated rings. The minimum absolute atomic E-state index is 0.502. The van der Waals surface area contributed by atoms with Gasteiger partial charge in [-0.2, -0.15) is 0 Å². The second-order valence-corrected chi connectivity index (χ2v) is 4.88. The van der Waals surface area contributed by atoms with E-state index in [2.05, 4.69) is 46.1 Å². The first-order valence-electron chi connectivity index (χ1n) is 6.55. The SMILES string of the molecule is COCC(C)CNc1cccc(Cn2ccnc2)c1. The summed E-state index contributed by atoms with van der Waals surface area (Å²) in [6.07, 6.45) is 5.61. The molecular formula is C15H21N3O. The lowest BCUT2D eigenvalue weighted by molar-refractivity contribution is 0.164. The Morgan fingerprint density at radius 1 is 1.42 bits per heavy atom. The van der Waals surface area contributed by atoms with Crippen LogP contribution in [0.5, 0.6) is 0 Å². The third-order valence-electron chi connectivity index (χ3n) is 2.96. The van der Waals surface area contributed by atoms with Crippen molar-refractivity contribution in [2.24, 2.45) is 5.92 Å². The maximum atomic E-state index is 5.14. The highest BCUT2D eigenvalue weighted by Gasteiger charge is 2.02. The van der Waals surface area contributed by atoms with Crippen LogP contribution in [0.25, 0.3) is 0 Å². The van der Waals surface area contributed by atoms with E-state index in [-0.39, 0.29) is 0 Å². The molecule has 4 nitrogen and oxygen atoms in total. The Morgan fingerprint density at radius 2 is 2.32 bits per heavy atom. The van der Waals surface area contributed by atoms with E-state index in [9.17, 15) is 0 Å². The molecule has 0 amide bonds. The molecule has 0 spiro atoms. The summed E-state index contributed by atoms with van der Waals surface area (Å²) in [5.74, 6) is 0.502. The fourth-order valence-electron chi connectivity index (χ4n) is 2.01. The number of imidazole rings is 1. The summed E-state index contributed by atoms with van der Waals surface area (Å²) in [5.41, 5.74) is 2.42. The number of anilines is 1. The van der Waals surface area contributed by atoms with Gasteiger partial charge in [-0.25, -0.2) is 4.98 Å². The molecule has 0 radical (unpaired) electrons. The Hall–Kier alpha value is -1.81. The van der Waals surface area contributed by atoms with Crippen LogP contribution in [0.3, 0.4) is 0 Å². The Balaban J connectivity index is 1.91. The average Bonchev–Trinajstić information content (AvgIpc) is 2.90. The molecule has 0 saturated heterocycles. The smallest absolute Gasteiger partial charge is 0.0949 e. The fraction of sp³-hybridized carbons (Fsp3) is 0.400. The van der Waals surface area contributed by atoms with Crippen LogP contribution in [0.1, 0.15) is 12.5 Å². The second kappa shape index (κ2) is 6.95. The number of hydrogen-bond donors (Lipinski definition) is 1. The molecule has 1 heterocycles. The molecule has 1 aromatic heterocycles. The molecule has 19 heavy (non-hydrogen) atoms. The van der Waals surface area contributed by atoms with E-state index in [0.717, 1.165) is 25.4 Å². The van der Waals surface area contributed by atoms with Crippen LogP contribution in [0.2, 0.25) is 0 Å². The zero-order chi connectivity index (χ0) is 13.5. The van der Waals surface area contributed by atoms with Crippen LogP contribution in [-0.2, 0) is 11.3 Å². The van der Waals surface area contributed by atoms with Gasteiger partial charge in [0.05, 0.1) is 12.9 Å². The lowest BCUT2D eigenvalue weighted by Gasteiger charge is -2.13. The van der Waals surface area contributed by atoms with Crippen LogP contribution in [0.15, 0.2) is 43.0 Å². The number of benzene rings is 1. The first kappa shape index (κ1) is 13.6. The van der Waals surface area contributed by atoms with E-state index in [1.807, 2.05) is 12.5 Å². The van der Waals surface area contributed by atoms with Crippen LogP contribution in [-0.4, -0.2) is 29.8 Å². The van der Waals surface area contributed by atoms with E-state index in [0.29, 0.717) is 5.92 Å². The molecular weight excluding hydrogens is 238 g/mol. The topological polar surface area (TPSA) is 39.1 Å². The highest BCUT2D eigenvalue weighted by molar-refractivity contribution is 5.45. The lowest BCUT2D eigenvalue weighted by Crippen LogP contribution is -2.15. The summed E-state index contributed by atoms with van der Waals surface area (Å²) in [6, 6.07) is 8.48. The van der Waals surface area contributed by atoms with Crippen LogP contribution < -0.4 is 5.32 Å². The van der Waals surface area contributed by atoms with Crippen LogP contribution in [0, 0.1) is 5.92 Å². The summed E-state index contributed by atoms with van der Waals surface area (Å²) in [4.78, 5) is 4.05. The largest absolute Gasteiger partial charge is 0.385 e. The van der Waals surface area contributed by atoms with Crippen molar-refractivity contribution in [3.8, 4) is 0 Å². The Bertz CT molecular complexity index is 482. The zero-order valence-corrected chi connectivity index (χ0v) is 11.5. The van der Waals surface area contributed by atoms with Gasteiger partial charge in [-0.05, 0) is 23.6 Å². The minimum atomic E-state index is 0.502. The third kappa shape index (κ3) is 4.41. The van der Waals surface area contributed by atoms with E-state index in [1.54, 1.807) is 13.3 Å². The molecule has 2 aromatic rings. The number of methoxy groups -OCH3 is 1. The monoisotopic (exact) mass is 259 g/mol. The number of rotatable bonds is 7. The molecule has 0 bridgehead atoms. The van der Waals surface area contributed by atoms with E-state index >= 15 is 0 Å². The normalized spacial score (nSPS) is 12.3. The van der Waals surface area contributed by atoms with Crippen LogP contribution >= 0.6 is 0 Å². The van der Waals surface area contributed by atoms with Gasteiger partial charge >= 0.3 is 0 Å². The van der Waals surface area contributed by atoms with Crippen molar-refractivity contribution >= 4 is 5.69 Å². The molecule has 1 unspecified atom stereocenters. The fourth-order valence-corrected chi connectivity index (χ4v) is 2.01. The van der Waals surface area contributed by atoms with Crippen molar-refractivity contribution in [1.82, 2.24) is 9.55 Å². The first-order chi connectivity index (χ1) is 9.28. The van der Waals surface area contributed by atoms with Gasteiger partial charge in [-0.15, -0.1) is 0 Å². The third-order valence-corrected chi connectivity index (χ3v) is 2.96. The summed E-state index contributed by atoms with van der Waals surface area (Å²) in [6.45, 7) is 4.72. The molecule has 1 aromatic carbocycles. The number of nitrogens with one attached hydrogen (secondary N) is 1. The van der Waals surface area contributed by atoms with Crippen molar-refractivity contribution in [1.29, 1.82) is 0 Å². The van der Waals surface area contributed by atoms with Crippen molar-refractivity contribution < 1.29 is 4.74 Å². The molecule has 1 N–H and O–H groups in total. The second-order valence-electron chi connectivity index (χ2n) is 4.88. The molecule has 4 heteroatoms. The summed E-state index contributed by atoms with van der Waals surface area (Å²) >= 11 is 0. The molecule has 2 rings (SSSR count). The van der Waals surface area contributed by atoms with E-state index in [4.69, 9.17) is 4.74 Å². The van der Waals surface area contributed by atoms with Gasteiger partial charge in [0.2, 0.25) is 0 Å². The highest BCUT2D eigenvalue weighted by atomic mass is 16.5. The maximum absolute atomic E-state index is 5.14. The van der Waals surface area contributed by atoms with Crippen LogP contribution in [0.4, 0.5) is 5.69 Å². The predicted octanol–water partition coefficient (Wildman–Crippen LogP) is 2.63. The average molecular weight is 259 g/mol. The Kier molecular flexibility index (Phi) is 4.98. The lowest BCUT2D eigenvalue weighted by atomic mass is 10.1. The highest BCUT2D eigenvalue weighted by Crippen LogP contribution is 2.12. The van der Waals surface area contributed by atoms with Gasteiger partial charge in [-0.1, -0.05) is 19.1 Å². The summed E-state index contributed by atoms with van der Waals surface area (Å²) in [7, 11) is 1.74. The van der Waals surface area contributed by atoms with Crippen molar-refractivity contribution in [2.75, 3.05) is 25.6 Å². The van der Waals surface area contributed by atoms with Gasteiger partial charge in [-0.3, -0.25) is 0 Å². The van der Waals surface area contributed by atoms with Gasteiger partial charge in [0.25, 0.3) is 0 Å². The Labute approximate surface area is 114 Å². The van der Waals surface area contributed by atoms with Gasteiger partial charge in [0.1, 0.15) is 0 Å². The Morgan fingerprint density at radius 3 is 3.05 bits per heavy atom. The number of ether oxygens (including phenoxy) is 1. The first-order valence-corrected chi connectivity index (χ1v) is 6.55. The number of aromatic nitrogens is 2. The molecule has 0 aliphatic rings. The number of nitrogens with zero attached hydrogens (tertiary/aromatic N) is 2. The molecule has 0 aliphatic heterocycles. The summed E-state index contributed by atoms with van der Waals surface area (Å²) < 4.78 is 7.20. The maximum Gasteiger partial charge on any atom is 0.0949 e. The zero-order valence-electron chi connectivity index (χ0n) is 11.5. The van der Waals surface area contributed by atoms with Crippen molar-refractivity contribution in [2.45, 2.75) is 13.5 Å². The predicted molar refractivity (Wildman–Crippen MR) is 77.3 cm³/mol. The summed E-state index contributed by atoms with van der Waals surface area (Å²) in [5, 5.41) is 3.44. The van der Waals surface area contributed by atoms with Gasteiger partial charge < -0.3 is 14.6 Å². The van der Waals surface area contributed by atoms with E-state index < -0.39 is 0 Å². The number of hydrogen-bond acceptors (Lipinski definition) is 3. The molecule has 102 valence electrons.